The zero-order valence-electron chi connectivity index (χ0n) is 12.3. The number of ether oxygens (including phenoxy) is 1. The van der Waals surface area contributed by atoms with Crippen LogP contribution >= 0.6 is 0 Å². The summed E-state index contributed by atoms with van der Waals surface area (Å²) in [5.74, 6) is 0.777. The largest absolute Gasteiger partial charge is 0.385 e. The van der Waals surface area contributed by atoms with Gasteiger partial charge < -0.3 is 10.1 Å². The van der Waals surface area contributed by atoms with Crippen LogP contribution in [0.4, 0.5) is 0 Å². The third-order valence-electron chi connectivity index (χ3n) is 3.93. The maximum atomic E-state index is 12.4. The quantitative estimate of drug-likeness (QED) is 0.691. The average molecular weight is 275 g/mol. The summed E-state index contributed by atoms with van der Waals surface area (Å²) < 4.78 is 17.4. The first kappa shape index (κ1) is 16.1. The van der Waals surface area contributed by atoms with Crippen LogP contribution in [0.1, 0.15) is 46.5 Å². The van der Waals surface area contributed by atoms with E-state index in [4.69, 9.17) is 4.74 Å². The predicted octanol–water partition coefficient (Wildman–Crippen LogP) is 2.33. The lowest BCUT2D eigenvalue weighted by Gasteiger charge is -2.31. The number of hydrogen-bond acceptors (Lipinski definition) is 3. The minimum absolute atomic E-state index is 0.275. The van der Waals surface area contributed by atoms with E-state index in [0.717, 1.165) is 38.2 Å². The highest BCUT2D eigenvalue weighted by atomic mass is 32.2. The standard InChI is InChI=1S/C14H29NO2S/c1-5-9-15-13-12(7-8-14(13,2)3)18(16)11-6-10-17-4/h12-13,15H,5-11H2,1-4H3. The van der Waals surface area contributed by atoms with Gasteiger partial charge in [0.15, 0.2) is 0 Å². The van der Waals surface area contributed by atoms with Gasteiger partial charge in [0, 0.05) is 36.3 Å². The molecule has 0 aliphatic heterocycles. The molecule has 0 bridgehead atoms. The van der Waals surface area contributed by atoms with Gasteiger partial charge in [0.05, 0.1) is 5.25 Å². The van der Waals surface area contributed by atoms with Crippen LogP contribution in [0.5, 0.6) is 0 Å². The Morgan fingerprint density at radius 2 is 2.17 bits per heavy atom. The van der Waals surface area contributed by atoms with E-state index in [1.807, 2.05) is 0 Å². The first-order chi connectivity index (χ1) is 8.53. The minimum atomic E-state index is -0.719. The van der Waals surface area contributed by atoms with Crippen molar-refractivity contribution in [1.82, 2.24) is 5.32 Å². The minimum Gasteiger partial charge on any atom is -0.385 e. The maximum absolute atomic E-state index is 12.4. The number of methoxy groups -OCH3 is 1. The lowest BCUT2D eigenvalue weighted by atomic mass is 9.87. The van der Waals surface area contributed by atoms with Crippen LogP contribution < -0.4 is 5.32 Å². The summed E-state index contributed by atoms with van der Waals surface area (Å²) in [6.07, 6.45) is 4.30. The van der Waals surface area contributed by atoms with Gasteiger partial charge in [0.1, 0.15) is 0 Å². The monoisotopic (exact) mass is 275 g/mol. The Balaban J connectivity index is 2.54. The van der Waals surface area contributed by atoms with Crippen molar-refractivity contribution in [1.29, 1.82) is 0 Å². The second-order valence-electron chi connectivity index (χ2n) is 5.93. The van der Waals surface area contributed by atoms with Crippen LogP contribution in [0.15, 0.2) is 0 Å². The molecule has 3 atom stereocenters. The summed E-state index contributed by atoms with van der Waals surface area (Å²) in [5, 5.41) is 3.94. The fourth-order valence-corrected chi connectivity index (χ4v) is 4.68. The molecule has 0 saturated heterocycles. The summed E-state index contributed by atoms with van der Waals surface area (Å²) in [4.78, 5) is 0. The Morgan fingerprint density at radius 3 is 2.78 bits per heavy atom. The zero-order chi connectivity index (χ0) is 13.6. The summed E-state index contributed by atoms with van der Waals surface area (Å²) in [6, 6.07) is 0.404. The second kappa shape index (κ2) is 7.61. The normalized spacial score (nSPS) is 28.4. The summed E-state index contributed by atoms with van der Waals surface area (Å²) in [6.45, 7) is 8.52. The highest BCUT2D eigenvalue weighted by Crippen LogP contribution is 2.40. The van der Waals surface area contributed by atoms with E-state index in [1.54, 1.807) is 7.11 Å². The molecule has 1 aliphatic carbocycles. The molecule has 0 radical (unpaired) electrons. The smallest absolute Gasteiger partial charge is 0.0506 e. The molecule has 3 unspecified atom stereocenters. The van der Waals surface area contributed by atoms with Gasteiger partial charge >= 0.3 is 0 Å². The highest BCUT2D eigenvalue weighted by Gasteiger charge is 2.43. The van der Waals surface area contributed by atoms with Crippen molar-refractivity contribution < 1.29 is 8.95 Å². The van der Waals surface area contributed by atoms with E-state index in [2.05, 4.69) is 26.1 Å². The summed E-state index contributed by atoms with van der Waals surface area (Å²) in [7, 11) is 0.982. The topological polar surface area (TPSA) is 38.3 Å². The SMILES string of the molecule is CCCNC1C(S(=O)CCCOC)CCC1(C)C. The molecule has 4 heteroatoms. The third kappa shape index (κ3) is 4.32. The average Bonchev–Trinajstić information content (AvgIpc) is 2.62. The van der Waals surface area contributed by atoms with Crippen LogP contribution in [-0.4, -0.2) is 41.5 Å². The fourth-order valence-electron chi connectivity index (χ4n) is 2.83. The van der Waals surface area contributed by atoms with E-state index in [-0.39, 0.29) is 5.41 Å². The van der Waals surface area contributed by atoms with E-state index >= 15 is 0 Å². The Labute approximate surface area is 115 Å². The first-order valence-corrected chi connectivity index (χ1v) is 8.50. The molecule has 0 amide bonds. The van der Waals surface area contributed by atoms with E-state index in [0.29, 0.717) is 11.3 Å². The van der Waals surface area contributed by atoms with Crippen molar-refractivity contribution in [3.8, 4) is 0 Å². The molecule has 1 N–H and O–H groups in total. The Bertz CT molecular complexity index is 269. The molecule has 3 nitrogen and oxygen atoms in total. The predicted molar refractivity (Wildman–Crippen MR) is 78.4 cm³/mol. The van der Waals surface area contributed by atoms with Crippen LogP contribution in [0.25, 0.3) is 0 Å². The van der Waals surface area contributed by atoms with Crippen molar-refractivity contribution in [3.05, 3.63) is 0 Å². The van der Waals surface area contributed by atoms with Gasteiger partial charge in [-0.25, -0.2) is 0 Å². The van der Waals surface area contributed by atoms with Gasteiger partial charge in [-0.1, -0.05) is 20.8 Å². The van der Waals surface area contributed by atoms with Crippen LogP contribution in [-0.2, 0) is 15.5 Å². The van der Waals surface area contributed by atoms with Gasteiger partial charge in [0.2, 0.25) is 0 Å². The van der Waals surface area contributed by atoms with Gasteiger partial charge in [0.25, 0.3) is 0 Å². The molecule has 1 fully saturated rings. The Morgan fingerprint density at radius 1 is 1.44 bits per heavy atom. The molecule has 0 heterocycles. The lowest BCUT2D eigenvalue weighted by molar-refractivity contribution is 0.200. The number of rotatable bonds is 8. The van der Waals surface area contributed by atoms with Gasteiger partial charge in [-0.05, 0) is 37.6 Å². The molecule has 108 valence electrons. The van der Waals surface area contributed by atoms with E-state index in [1.165, 1.54) is 6.42 Å². The summed E-state index contributed by atoms with van der Waals surface area (Å²) >= 11 is 0. The molecule has 0 aromatic carbocycles. The number of nitrogens with one attached hydrogen (secondary N) is 1. The lowest BCUT2D eigenvalue weighted by Crippen LogP contribution is -2.46. The second-order valence-corrected chi connectivity index (χ2v) is 7.70. The van der Waals surface area contributed by atoms with Gasteiger partial charge in [-0.3, -0.25) is 4.21 Å². The van der Waals surface area contributed by atoms with Crippen LogP contribution in [0.3, 0.4) is 0 Å². The van der Waals surface area contributed by atoms with Crippen LogP contribution in [0.2, 0.25) is 0 Å². The van der Waals surface area contributed by atoms with Crippen molar-refractivity contribution in [3.63, 3.8) is 0 Å². The zero-order valence-corrected chi connectivity index (χ0v) is 13.1. The molecule has 0 aromatic rings. The Kier molecular flexibility index (Phi) is 6.82. The van der Waals surface area contributed by atoms with E-state index < -0.39 is 10.8 Å². The highest BCUT2D eigenvalue weighted by molar-refractivity contribution is 7.85. The van der Waals surface area contributed by atoms with Gasteiger partial charge in [-0.2, -0.15) is 0 Å². The third-order valence-corrected chi connectivity index (χ3v) is 5.81. The fraction of sp³-hybridized carbons (Fsp3) is 1.00. The molecule has 18 heavy (non-hydrogen) atoms. The Hall–Kier alpha value is 0.0700. The van der Waals surface area contributed by atoms with Crippen LogP contribution in [0, 0.1) is 5.41 Å². The molecular formula is C14H29NO2S. The first-order valence-electron chi connectivity index (χ1n) is 7.12. The van der Waals surface area contributed by atoms with Crippen molar-refractivity contribution >= 4 is 10.8 Å². The van der Waals surface area contributed by atoms with Crippen molar-refractivity contribution in [2.75, 3.05) is 26.0 Å². The molecule has 1 aliphatic rings. The number of hydrogen-bond donors (Lipinski definition) is 1. The molecule has 0 aromatic heterocycles. The maximum Gasteiger partial charge on any atom is 0.0506 e. The molecule has 0 spiro atoms. The van der Waals surface area contributed by atoms with Crippen molar-refractivity contribution in [2.24, 2.45) is 5.41 Å². The molecule has 1 rings (SSSR count). The molecular weight excluding hydrogens is 246 g/mol. The molecule has 1 saturated carbocycles. The van der Waals surface area contributed by atoms with E-state index in [9.17, 15) is 4.21 Å². The summed E-state index contributed by atoms with van der Waals surface area (Å²) in [5.41, 5.74) is 0.275. The van der Waals surface area contributed by atoms with Crippen molar-refractivity contribution in [2.45, 2.75) is 57.7 Å². The van der Waals surface area contributed by atoms with Gasteiger partial charge in [-0.15, -0.1) is 0 Å².